The Morgan fingerprint density at radius 3 is 2.24 bits per heavy atom. The highest BCUT2D eigenvalue weighted by atomic mass is 35.5. The highest BCUT2D eigenvalue weighted by Gasteiger charge is 2.58. The largest absolute Gasteiger partial charge is 0.393 e. The van der Waals surface area contributed by atoms with Crippen molar-refractivity contribution in [3.63, 3.8) is 0 Å². The number of urea groups is 1. The maximum Gasteiger partial charge on any atom is 0.393 e. The average Bonchev–Trinajstić information content (AvgIpc) is 3.14. The van der Waals surface area contributed by atoms with Gasteiger partial charge >= 0.3 is 12.2 Å². The Morgan fingerprint density at radius 2 is 1.64 bits per heavy atom. The molecule has 0 radical (unpaired) electrons. The zero-order valence-corrected chi connectivity index (χ0v) is 26.8. The van der Waals surface area contributed by atoms with Gasteiger partial charge in [-0.25, -0.2) is 13.2 Å². The molecule has 1 aliphatic carbocycles. The van der Waals surface area contributed by atoms with Crippen molar-refractivity contribution in [2.45, 2.75) is 92.5 Å². The number of alkyl halides is 4. The minimum atomic E-state index is -4.35. The second-order valence-electron chi connectivity index (χ2n) is 12.3. The zero-order chi connectivity index (χ0) is 32.1. The van der Waals surface area contributed by atoms with E-state index in [9.17, 15) is 26.4 Å². The summed E-state index contributed by atoms with van der Waals surface area (Å²) in [5.41, 5.74) is 0.220. The summed E-state index contributed by atoms with van der Waals surface area (Å²) in [6.45, 7) is 1.38. The third-order valence-corrected chi connectivity index (χ3v) is 11.7. The number of anilines is 1. The van der Waals surface area contributed by atoms with Crippen LogP contribution in [0.1, 0.15) is 63.4 Å². The summed E-state index contributed by atoms with van der Waals surface area (Å²) in [6.07, 6.45) is 4.70. The molecule has 2 amide bonds. The summed E-state index contributed by atoms with van der Waals surface area (Å²) in [7, 11) is -3.82. The summed E-state index contributed by atoms with van der Waals surface area (Å²) in [4.78, 5) is 18.4. The molecule has 3 aliphatic rings. The zero-order valence-electron chi connectivity index (χ0n) is 25.2. The molecule has 2 aromatic rings. The van der Waals surface area contributed by atoms with Crippen LogP contribution in [0.4, 0.5) is 23.7 Å². The van der Waals surface area contributed by atoms with Crippen LogP contribution in [0.25, 0.3) is 0 Å². The topological polar surface area (TPSA) is 107 Å². The fraction of sp³-hybridized carbons (Fsp3) is 0.613. The van der Waals surface area contributed by atoms with E-state index in [4.69, 9.17) is 11.6 Å². The molecule has 3 atom stereocenters. The Labute approximate surface area is 268 Å². The molecular formula is C31H42ClF3N6O3S. The third-order valence-electron chi connectivity index (χ3n) is 9.39. The number of amides is 2. The molecule has 0 bridgehead atoms. The fourth-order valence-electron chi connectivity index (χ4n) is 6.98. The predicted molar refractivity (Wildman–Crippen MR) is 167 cm³/mol. The Kier molecular flexibility index (Phi) is 11.0. The van der Waals surface area contributed by atoms with E-state index in [-0.39, 0.29) is 24.4 Å². The van der Waals surface area contributed by atoms with Crippen LogP contribution in [0.5, 0.6) is 0 Å². The fourth-order valence-corrected chi connectivity index (χ4v) is 8.80. The van der Waals surface area contributed by atoms with Crippen LogP contribution < -0.4 is 16.0 Å². The van der Waals surface area contributed by atoms with Gasteiger partial charge in [-0.05, 0) is 55.2 Å². The van der Waals surface area contributed by atoms with E-state index >= 15 is 0 Å². The number of sulfonamides is 1. The van der Waals surface area contributed by atoms with Crippen molar-refractivity contribution in [3.8, 4) is 0 Å². The molecule has 14 heteroatoms. The molecule has 3 N–H and O–H groups in total. The summed E-state index contributed by atoms with van der Waals surface area (Å²) < 4.78 is 71.4. The van der Waals surface area contributed by atoms with Crippen LogP contribution in [0.3, 0.4) is 0 Å². The highest BCUT2D eigenvalue weighted by Crippen LogP contribution is 2.48. The monoisotopic (exact) mass is 670 g/mol. The van der Waals surface area contributed by atoms with Gasteiger partial charge < -0.3 is 10.6 Å². The first kappa shape index (κ1) is 33.9. The number of benzene rings is 1. The first-order valence-corrected chi connectivity index (χ1v) is 17.6. The Bertz CT molecular complexity index is 1370. The van der Waals surface area contributed by atoms with Crippen LogP contribution in [-0.2, 0) is 16.6 Å². The number of pyridine rings is 1. The van der Waals surface area contributed by atoms with Crippen molar-refractivity contribution in [1.82, 2.24) is 24.8 Å². The van der Waals surface area contributed by atoms with Crippen molar-refractivity contribution in [2.24, 2.45) is 5.92 Å². The minimum absolute atomic E-state index is 0.0980. The Morgan fingerprint density at radius 1 is 1.00 bits per heavy atom. The van der Waals surface area contributed by atoms with Crippen LogP contribution >= 0.6 is 11.6 Å². The number of nitrogens with one attached hydrogen (secondary N) is 3. The van der Waals surface area contributed by atoms with E-state index in [1.54, 1.807) is 18.5 Å². The summed E-state index contributed by atoms with van der Waals surface area (Å²) in [6, 6.07) is 9.15. The number of aromatic nitrogens is 1. The van der Waals surface area contributed by atoms with E-state index in [1.165, 1.54) is 28.6 Å². The lowest BCUT2D eigenvalue weighted by Gasteiger charge is -2.54. The maximum absolute atomic E-state index is 14.4. The smallest absolute Gasteiger partial charge is 0.334 e. The lowest BCUT2D eigenvalue weighted by atomic mass is 9.70. The van der Waals surface area contributed by atoms with Crippen LogP contribution in [-0.4, -0.2) is 78.1 Å². The van der Waals surface area contributed by atoms with Gasteiger partial charge in [0.05, 0.1) is 22.4 Å². The van der Waals surface area contributed by atoms with Crippen molar-refractivity contribution >= 4 is 33.3 Å². The maximum atomic E-state index is 14.4. The van der Waals surface area contributed by atoms with Gasteiger partial charge in [0.2, 0.25) is 10.0 Å². The predicted octanol–water partition coefficient (Wildman–Crippen LogP) is 5.69. The van der Waals surface area contributed by atoms with Gasteiger partial charge in [-0.3, -0.25) is 15.2 Å². The van der Waals surface area contributed by atoms with Crippen molar-refractivity contribution in [1.29, 1.82) is 0 Å². The quantitative estimate of drug-likeness (QED) is 0.341. The first-order valence-electron chi connectivity index (χ1n) is 15.7. The molecular weight excluding hydrogens is 629 g/mol. The average molecular weight is 671 g/mol. The van der Waals surface area contributed by atoms with Crippen LogP contribution in [0, 0.1) is 5.92 Å². The van der Waals surface area contributed by atoms with Gasteiger partial charge in [-0.2, -0.15) is 17.5 Å². The molecule has 5 rings (SSSR count). The number of piperazine rings is 1. The SMILES string of the molecule is O=C(NCc1cccnc1)Nc1ccc(S(=O)(=O)N2CCN(C3NC4(CCCCCCCC4)C(C(F)(F)F)CC3Cl)CC2)cc1. The molecule has 45 heavy (non-hydrogen) atoms. The van der Waals surface area contributed by atoms with Gasteiger partial charge in [0, 0.05) is 56.3 Å². The van der Waals surface area contributed by atoms with Crippen molar-refractivity contribution in [3.05, 3.63) is 54.4 Å². The van der Waals surface area contributed by atoms with Gasteiger partial charge in [0.25, 0.3) is 0 Å². The summed E-state index contributed by atoms with van der Waals surface area (Å²) in [5.74, 6) is -1.51. The van der Waals surface area contributed by atoms with Crippen molar-refractivity contribution < 1.29 is 26.4 Å². The van der Waals surface area contributed by atoms with Gasteiger partial charge in [-0.15, -0.1) is 11.6 Å². The van der Waals surface area contributed by atoms with Crippen molar-refractivity contribution in [2.75, 3.05) is 31.5 Å². The number of carbonyl (C=O) groups is 1. The number of carbonyl (C=O) groups excluding carboxylic acids is 1. The molecule has 1 saturated carbocycles. The molecule has 2 saturated heterocycles. The Balaban J connectivity index is 1.19. The number of rotatable bonds is 6. The van der Waals surface area contributed by atoms with Gasteiger partial charge in [0.15, 0.2) is 0 Å². The second kappa shape index (κ2) is 14.5. The van der Waals surface area contributed by atoms with Gasteiger partial charge in [0.1, 0.15) is 0 Å². The molecule has 1 spiro atoms. The van der Waals surface area contributed by atoms with Crippen LogP contribution in [0.2, 0.25) is 0 Å². The lowest BCUT2D eigenvalue weighted by molar-refractivity contribution is -0.212. The van der Waals surface area contributed by atoms with Crippen LogP contribution in [0.15, 0.2) is 53.7 Å². The molecule has 3 fully saturated rings. The molecule has 1 aromatic heterocycles. The third kappa shape index (κ3) is 8.29. The molecule has 3 unspecified atom stereocenters. The number of hydrogen-bond acceptors (Lipinski definition) is 6. The highest BCUT2D eigenvalue weighted by molar-refractivity contribution is 7.89. The lowest BCUT2D eigenvalue weighted by Crippen LogP contribution is -2.71. The molecule has 1 aromatic carbocycles. The molecule has 248 valence electrons. The Hall–Kier alpha value is -2.45. The van der Waals surface area contributed by atoms with Gasteiger partial charge in [-0.1, -0.05) is 44.6 Å². The standard InChI is InChI=1S/C31H42ClF3N6O3S/c32-26-20-27(31(33,34)35)30(13-5-3-1-2-4-6-14-30)39-28(26)40-16-18-41(19-17-40)45(43,44)25-11-9-24(10-12-25)38-29(42)37-22-23-8-7-15-36-21-23/h7-12,15,21,26-28,39H,1-6,13-14,16-20,22H2,(H2,37,38,42). The summed E-state index contributed by atoms with van der Waals surface area (Å²) in [5, 5.41) is 8.09. The van der Waals surface area contributed by atoms with E-state index in [2.05, 4.69) is 20.9 Å². The van der Waals surface area contributed by atoms with E-state index < -0.39 is 45.2 Å². The molecule has 9 nitrogen and oxygen atoms in total. The van der Waals surface area contributed by atoms with E-state index in [0.717, 1.165) is 44.1 Å². The number of hydrogen-bond donors (Lipinski definition) is 3. The first-order chi connectivity index (χ1) is 21.5. The number of piperidine rings is 1. The number of halogens is 4. The summed E-state index contributed by atoms with van der Waals surface area (Å²) >= 11 is 6.68. The second-order valence-corrected chi connectivity index (χ2v) is 14.8. The minimum Gasteiger partial charge on any atom is -0.334 e. The van der Waals surface area contributed by atoms with E-state index in [1.807, 2.05) is 11.0 Å². The molecule has 2 aliphatic heterocycles. The normalized spacial score (nSPS) is 25.6. The molecule has 3 heterocycles. The number of nitrogens with zero attached hydrogens (tertiary/aromatic N) is 3. The van der Waals surface area contributed by atoms with E-state index in [0.29, 0.717) is 38.2 Å².